The van der Waals surface area contributed by atoms with Gasteiger partial charge >= 0.3 is 5.97 Å². The third-order valence-corrected chi connectivity index (χ3v) is 4.88. The fourth-order valence-corrected chi connectivity index (χ4v) is 3.15. The lowest BCUT2D eigenvalue weighted by Crippen LogP contribution is -2.54. The second kappa shape index (κ2) is 11.0. The minimum absolute atomic E-state index is 0.147. The minimum Gasteiger partial charge on any atom is -0.481 e. The van der Waals surface area contributed by atoms with Gasteiger partial charge in [0.25, 0.3) is 0 Å². The number of hydrogen-bond acceptors (Lipinski definition) is 6. The summed E-state index contributed by atoms with van der Waals surface area (Å²) in [5.74, 6) is -2.46. The number of aromatic nitrogens is 1. The number of fused-ring (bicyclic) bond motifs is 1. The largest absolute Gasteiger partial charge is 0.481 e. The highest BCUT2D eigenvalue weighted by Crippen LogP contribution is 2.21. The molecule has 2 aromatic rings. The Morgan fingerprint density at radius 3 is 2.38 bits per heavy atom. The van der Waals surface area contributed by atoms with Crippen molar-refractivity contribution in [2.24, 2.45) is 5.92 Å². The Labute approximate surface area is 186 Å². The molecule has 0 spiro atoms. The molecule has 32 heavy (non-hydrogen) atoms. The molecule has 0 unspecified atom stereocenters. The summed E-state index contributed by atoms with van der Waals surface area (Å²) in [5.41, 5.74) is 1.09. The van der Waals surface area contributed by atoms with Crippen LogP contribution in [0.25, 0.3) is 16.5 Å². The van der Waals surface area contributed by atoms with Crippen LogP contribution < -0.4 is 16.0 Å². The first-order chi connectivity index (χ1) is 15.1. The first-order valence-corrected chi connectivity index (χ1v) is 10.2. The van der Waals surface area contributed by atoms with Gasteiger partial charge in [0, 0.05) is 11.6 Å². The summed E-state index contributed by atoms with van der Waals surface area (Å²) < 4.78 is 0. The fourth-order valence-electron chi connectivity index (χ4n) is 3.15. The van der Waals surface area contributed by atoms with E-state index in [0.29, 0.717) is 17.7 Å². The zero-order valence-corrected chi connectivity index (χ0v) is 18.3. The van der Waals surface area contributed by atoms with Crippen LogP contribution >= 0.6 is 0 Å². The molecule has 0 radical (unpaired) electrons. The normalized spacial score (nSPS) is 13.6. The summed E-state index contributed by atoms with van der Waals surface area (Å²) in [6.07, 6.45) is 1.48. The number of nitrogens with zero attached hydrogens (tertiary/aromatic N) is 1. The molecule has 0 aliphatic heterocycles. The Morgan fingerprint density at radius 1 is 1.06 bits per heavy atom. The van der Waals surface area contributed by atoms with Gasteiger partial charge < -0.3 is 25.9 Å². The van der Waals surface area contributed by atoms with Crippen molar-refractivity contribution in [3.8, 4) is 0 Å². The molecular formula is C23H28N4O5. The highest BCUT2D eigenvalue weighted by molar-refractivity contribution is 5.94. The molecule has 1 heterocycles. The molecule has 1 aromatic heterocycles. The molecule has 0 aliphatic carbocycles. The van der Waals surface area contributed by atoms with Gasteiger partial charge in [0.1, 0.15) is 18.4 Å². The van der Waals surface area contributed by atoms with Crippen LogP contribution in [0.5, 0.6) is 0 Å². The average molecular weight is 441 g/mol. The van der Waals surface area contributed by atoms with Gasteiger partial charge in [-0.15, -0.1) is 0 Å². The van der Waals surface area contributed by atoms with E-state index < -0.39 is 42.3 Å². The Morgan fingerprint density at radius 2 is 1.75 bits per heavy atom. The smallest absolute Gasteiger partial charge is 0.305 e. The number of aldehydes is 1. The third kappa shape index (κ3) is 6.37. The van der Waals surface area contributed by atoms with E-state index in [9.17, 15) is 19.2 Å². The van der Waals surface area contributed by atoms with Crippen LogP contribution in [0.3, 0.4) is 0 Å². The monoisotopic (exact) mass is 440 g/mol. The molecule has 9 nitrogen and oxygen atoms in total. The lowest BCUT2D eigenvalue weighted by molar-refractivity contribution is -0.139. The third-order valence-electron chi connectivity index (χ3n) is 4.88. The Hall–Kier alpha value is -3.75. The van der Waals surface area contributed by atoms with E-state index in [0.717, 1.165) is 10.8 Å². The van der Waals surface area contributed by atoms with Gasteiger partial charge in [-0.1, -0.05) is 44.7 Å². The molecule has 2 rings (SSSR count). The first kappa shape index (κ1) is 24.5. The molecule has 0 saturated carbocycles. The predicted molar refractivity (Wildman–Crippen MR) is 120 cm³/mol. The number of pyridine rings is 1. The second-order valence-corrected chi connectivity index (χ2v) is 7.80. The van der Waals surface area contributed by atoms with Gasteiger partial charge in [0.05, 0.1) is 23.9 Å². The number of aliphatic carboxylic acids is 1. The molecular weight excluding hydrogens is 412 g/mol. The second-order valence-electron chi connectivity index (χ2n) is 7.80. The van der Waals surface area contributed by atoms with Crippen molar-refractivity contribution >= 4 is 40.5 Å². The molecule has 0 saturated heterocycles. The topological polar surface area (TPSA) is 137 Å². The van der Waals surface area contributed by atoms with Crippen molar-refractivity contribution in [2.75, 3.05) is 0 Å². The van der Waals surface area contributed by atoms with Gasteiger partial charge in [-0.05, 0) is 24.3 Å². The SMILES string of the molecule is C=C(N[C@H](C(=O)N[C@@H](C)C(=O)N[C@H](C=O)CC(=O)O)C(C)C)c1nccc2ccccc12. The van der Waals surface area contributed by atoms with E-state index in [1.807, 2.05) is 44.2 Å². The van der Waals surface area contributed by atoms with Crippen molar-refractivity contribution in [1.29, 1.82) is 0 Å². The number of carbonyl (C=O) groups is 4. The Bertz CT molecular complexity index is 1020. The molecule has 3 atom stereocenters. The number of carboxylic acids is 1. The van der Waals surface area contributed by atoms with Crippen molar-refractivity contribution in [3.63, 3.8) is 0 Å². The molecule has 170 valence electrons. The summed E-state index contributed by atoms with van der Waals surface area (Å²) in [6, 6.07) is 6.71. The molecule has 4 N–H and O–H groups in total. The Kier molecular flexibility index (Phi) is 8.46. The van der Waals surface area contributed by atoms with E-state index >= 15 is 0 Å². The summed E-state index contributed by atoms with van der Waals surface area (Å²) in [6.45, 7) is 9.19. The lowest BCUT2D eigenvalue weighted by Gasteiger charge is -2.26. The van der Waals surface area contributed by atoms with Crippen LogP contribution in [0.15, 0.2) is 43.1 Å². The summed E-state index contributed by atoms with van der Waals surface area (Å²) >= 11 is 0. The van der Waals surface area contributed by atoms with Crippen LogP contribution in [0.1, 0.15) is 32.9 Å². The first-order valence-electron chi connectivity index (χ1n) is 10.2. The zero-order chi connectivity index (χ0) is 23.8. The van der Waals surface area contributed by atoms with E-state index in [1.165, 1.54) is 6.92 Å². The number of nitrogens with one attached hydrogen (secondary N) is 3. The number of carbonyl (C=O) groups excluding carboxylic acids is 3. The Balaban J connectivity index is 2.08. The highest BCUT2D eigenvalue weighted by atomic mass is 16.4. The van der Waals surface area contributed by atoms with Gasteiger partial charge in [-0.2, -0.15) is 0 Å². The van der Waals surface area contributed by atoms with Crippen LogP contribution in [0, 0.1) is 5.92 Å². The van der Waals surface area contributed by atoms with Crippen LogP contribution in [0.4, 0.5) is 0 Å². The zero-order valence-electron chi connectivity index (χ0n) is 18.3. The summed E-state index contributed by atoms with van der Waals surface area (Å²) in [7, 11) is 0. The van der Waals surface area contributed by atoms with Crippen molar-refractivity contribution in [1.82, 2.24) is 20.9 Å². The number of hydrogen-bond donors (Lipinski definition) is 4. The highest BCUT2D eigenvalue weighted by Gasteiger charge is 2.27. The fraction of sp³-hybridized carbons (Fsp3) is 0.348. The molecule has 9 heteroatoms. The minimum atomic E-state index is -1.22. The number of amides is 2. The summed E-state index contributed by atoms with van der Waals surface area (Å²) in [5, 5.41) is 18.7. The summed E-state index contributed by atoms with van der Waals surface area (Å²) in [4.78, 5) is 51.3. The van der Waals surface area contributed by atoms with Gasteiger partial charge in [0.15, 0.2) is 0 Å². The van der Waals surface area contributed by atoms with E-state index in [2.05, 4.69) is 27.5 Å². The molecule has 0 aliphatic rings. The number of carboxylic acid groups (broad SMARTS) is 1. The van der Waals surface area contributed by atoms with Crippen molar-refractivity contribution < 1.29 is 24.3 Å². The van der Waals surface area contributed by atoms with Gasteiger partial charge in [0.2, 0.25) is 11.8 Å². The van der Waals surface area contributed by atoms with E-state index in [-0.39, 0.29) is 5.92 Å². The van der Waals surface area contributed by atoms with Crippen LogP contribution in [0.2, 0.25) is 0 Å². The van der Waals surface area contributed by atoms with Gasteiger partial charge in [-0.3, -0.25) is 19.4 Å². The van der Waals surface area contributed by atoms with Crippen LogP contribution in [-0.2, 0) is 19.2 Å². The molecule has 0 bridgehead atoms. The predicted octanol–water partition coefficient (Wildman–Crippen LogP) is 1.48. The maximum atomic E-state index is 12.9. The standard InChI is InChI=1S/C23H28N4O5/c1-13(2)20(23(32)26-15(4)22(31)27-17(12-28)11-19(29)30)25-14(3)21-18-8-6-5-7-16(18)9-10-24-21/h5-10,12-13,15,17,20,25H,3,11H2,1-2,4H3,(H,26,32)(H,27,31)(H,29,30)/t15-,17-,20-/m0/s1. The van der Waals surface area contributed by atoms with E-state index in [1.54, 1.807) is 6.20 Å². The molecule has 1 aromatic carbocycles. The van der Waals surface area contributed by atoms with Crippen molar-refractivity contribution in [2.45, 2.75) is 45.3 Å². The number of benzene rings is 1. The van der Waals surface area contributed by atoms with Crippen molar-refractivity contribution in [3.05, 3.63) is 48.8 Å². The maximum Gasteiger partial charge on any atom is 0.305 e. The quantitative estimate of drug-likeness (QED) is 0.388. The maximum absolute atomic E-state index is 12.9. The lowest BCUT2D eigenvalue weighted by atomic mass is 10.0. The average Bonchev–Trinajstić information content (AvgIpc) is 2.75. The van der Waals surface area contributed by atoms with E-state index in [4.69, 9.17) is 5.11 Å². The molecule has 0 fully saturated rings. The van der Waals surface area contributed by atoms with Crippen LogP contribution in [-0.4, -0.2) is 52.3 Å². The molecule has 2 amide bonds. The van der Waals surface area contributed by atoms with Gasteiger partial charge in [-0.25, -0.2) is 0 Å². The number of rotatable bonds is 11.